The van der Waals surface area contributed by atoms with Crippen molar-refractivity contribution in [2.75, 3.05) is 32.1 Å². The van der Waals surface area contributed by atoms with Crippen molar-refractivity contribution in [3.63, 3.8) is 0 Å². The number of anilines is 1. The van der Waals surface area contributed by atoms with Crippen LogP contribution in [0.5, 0.6) is 17.2 Å². The number of para-hydroxylation sites is 1. The highest BCUT2D eigenvalue weighted by Crippen LogP contribution is 2.31. The van der Waals surface area contributed by atoms with E-state index in [1.165, 1.54) is 0 Å². The average molecular weight is 595 g/mol. The summed E-state index contributed by atoms with van der Waals surface area (Å²) in [4.78, 5) is 34.4. The third-order valence-electron chi connectivity index (χ3n) is 7.71. The van der Waals surface area contributed by atoms with Gasteiger partial charge in [-0.2, -0.15) is 0 Å². The summed E-state index contributed by atoms with van der Waals surface area (Å²) in [6, 6.07) is 25.7. The molecule has 44 heavy (non-hydrogen) atoms. The van der Waals surface area contributed by atoms with E-state index in [-0.39, 0.29) is 36.5 Å². The highest BCUT2D eigenvalue weighted by atomic mass is 16.5. The number of nitrogens with zero attached hydrogens (tertiary/aromatic N) is 3. The molecule has 0 radical (unpaired) electrons. The number of rotatable bonds is 10. The Hall–Kier alpha value is -4.73. The zero-order chi connectivity index (χ0) is 31.1. The Morgan fingerprint density at radius 3 is 2.48 bits per heavy atom. The number of ether oxygens (including phenoxy) is 2. The highest BCUT2D eigenvalue weighted by molar-refractivity contribution is 6.05. The van der Waals surface area contributed by atoms with E-state index in [9.17, 15) is 14.7 Å². The van der Waals surface area contributed by atoms with Crippen LogP contribution >= 0.6 is 0 Å². The molecule has 1 aliphatic heterocycles. The number of hydrogen-bond donors (Lipinski definition) is 2. The first kappa shape index (κ1) is 30.7. The van der Waals surface area contributed by atoms with Crippen LogP contribution in [0.4, 0.5) is 5.69 Å². The number of aliphatic hydroxyl groups excluding tert-OH is 1. The fourth-order valence-corrected chi connectivity index (χ4v) is 5.20. The lowest BCUT2D eigenvalue weighted by Crippen LogP contribution is -2.49. The zero-order valence-corrected chi connectivity index (χ0v) is 25.2. The smallest absolute Gasteiger partial charge is 0.258 e. The number of hydrogen-bond acceptors (Lipinski definition) is 7. The summed E-state index contributed by atoms with van der Waals surface area (Å²) in [5.41, 5.74) is 2.40. The predicted octanol–water partition coefficient (Wildman–Crippen LogP) is 5.48. The number of carbonyl (C=O) groups is 2. The van der Waals surface area contributed by atoms with Crippen LogP contribution < -0.4 is 14.8 Å². The molecular weight excluding hydrogens is 556 g/mol. The summed E-state index contributed by atoms with van der Waals surface area (Å²) in [5.74, 6) is 1.43. The van der Waals surface area contributed by atoms with Gasteiger partial charge in [0, 0.05) is 49.2 Å². The monoisotopic (exact) mass is 594 g/mol. The fraction of sp³-hybridized carbons (Fsp3) is 0.286. The maximum absolute atomic E-state index is 13.7. The molecule has 2 heterocycles. The second kappa shape index (κ2) is 14.2. The standard InChI is InChI=1S/C35H38N4O5/c1-24-20-39(25(2)23-40)35(42)31-19-28(37-34(41)27-15-17-36-18-16-27)11-14-32(31)44-33(24)22-38(3)21-26-9-12-30(13-10-26)43-29-7-5-4-6-8-29/h4-19,24-25,33,40H,20-23H2,1-3H3,(H,37,41)/t24-,25+,33+/m1/s1. The van der Waals surface area contributed by atoms with Gasteiger partial charge in [-0.25, -0.2) is 0 Å². The van der Waals surface area contributed by atoms with E-state index in [0.29, 0.717) is 42.2 Å². The number of likely N-dealkylation sites (N-methyl/N-ethyl adjacent to an activating group) is 1. The number of aromatic nitrogens is 1. The number of fused-ring (bicyclic) bond motifs is 1. The summed E-state index contributed by atoms with van der Waals surface area (Å²) in [5, 5.41) is 12.8. The molecule has 0 unspecified atom stereocenters. The summed E-state index contributed by atoms with van der Waals surface area (Å²) in [6.07, 6.45) is 2.86. The van der Waals surface area contributed by atoms with Crippen LogP contribution in [0.25, 0.3) is 0 Å². The molecule has 2 N–H and O–H groups in total. The molecule has 0 saturated carbocycles. The van der Waals surface area contributed by atoms with Crippen LogP contribution in [0, 0.1) is 5.92 Å². The Labute approximate surface area is 258 Å². The molecule has 4 aromatic rings. The molecule has 5 rings (SSSR count). The van der Waals surface area contributed by atoms with Gasteiger partial charge in [0.25, 0.3) is 11.8 Å². The lowest BCUT2D eigenvalue weighted by Gasteiger charge is -2.38. The SMILES string of the molecule is C[C@@H]1CN([C@@H](C)CO)C(=O)c2cc(NC(=O)c3ccncc3)ccc2O[C@H]1CN(C)Cc1ccc(Oc2ccccc2)cc1. The minimum Gasteiger partial charge on any atom is -0.488 e. The lowest BCUT2D eigenvalue weighted by atomic mass is 9.99. The third-order valence-corrected chi connectivity index (χ3v) is 7.71. The van der Waals surface area contributed by atoms with Gasteiger partial charge in [-0.3, -0.25) is 19.5 Å². The van der Waals surface area contributed by atoms with Gasteiger partial charge in [-0.1, -0.05) is 37.3 Å². The molecule has 0 spiro atoms. The molecule has 0 bridgehead atoms. The van der Waals surface area contributed by atoms with Gasteiger partial charge < -0.3 is 24.8 Å². The molecule has 3 aromatic carbocycles. The van der Waals surface area contributed by atoms with Gasteiger partial charge in [0.15, 0.2) is 0 Å². The van der Waals surface area contributed by atoms with Crippen LogP contribution in [0.2, 0.25) is 0 Å². The van der Waals surface area contributed by atoms with Gasteiger partial charge in [0.2, 0.25) is 0 Å². The first-order valence-electron chi connectivity index (χ1n) is 14.7. The zero-order valence-electron chi connectivity index (χ0n) is 25.2. The second-order valence-corrected chi connectivity index (χ2v) is 11.3. The van der Waals surface area contributed by atoms with Crippen molar-refractivity contribution < 1.29 is 24.2 Å². The number of pyridine rings is 1. The number of aliphatic hydroxyl groups is 1. The molecule has 0 saturated heterocycles. The molecule has 2 amide bonds. The van der Waals surface area contributed by atoms with Gasteiger partial charge >= 0.3 is 0 Å². The summed E-state index contributed by atoms with van der Waals surface area (Å²) < 4.78 is 12.5. The van der Waals surface area contributed by atoms with Crippen molar-refractivity contribution in [1.29, 1.82) is 0 Å². The van der Waals surface area contributed by atoms with Gasteiger partial charge in [0.05, 0.1) is 18.2 Å². The quantitative estimate of drug-likeness (QED) is 0.251. The molecule has 1 aromatic heterocycles. The Morgan fingerprint density at radius 1 is 1.07 bits per heavy atom. The van der Waals surface area contributed by atoms with Crippen molar-refractivity contribution in [2.45, 2.75) is 32.5 Å². The molecule has 228 valence electrons. The Morgan fingerprint density at radius 2 is 1.77 bits per heavy atom. The number of carbonyl (C=O) groups excluding carboxylic acids is 2. The van der Waals surface area contributed by atoms with E-state index in [1.54, 1.807) is 47.6 Å². The molecule has 0 aliphatic carbocycles. The van der Waals surface area contributed by atoms with Crippen molar-refractivity contribution in [3.05, 3.63) is 114 Å². The first-order chi connectivity index (χ1) is 21.3. The van der Waals surface area contributed by atoms with Crippen LogP contribution in [-0.2, 0) is 6.54 Å². The predicted molar refractivity (Wildman–Crippen MR) is 169 cm³/mol. The maximum Gasteiger partial charge on any atom is 0.258 e. The molecule has 0 fully saturated rings. The van der Waals surface area contributed by atoms with Crippen molar-refractivity contribution in [3.8, 4) is 17.2 Å². The van der Waals surface area contributed by atoms with Crippen LogP contribution in [0.15, 0.2) is 97.3 Å². The Balaban J connectivity index is 1.31. The van der Waals surface area contributed by atoms with Gasteiger partial charge in [-0.05, 0) is 74.1 Å². The second-order valence-electron chi connectivity index (χ2n) is 11.3. The summed E-state index contributed by atoms with van der Waals surface area (Å²) >= 11 is 0. The topological polar surface area (TPSA) is 104 Å². The normalized spacial score (nSPS) is 17.2. The molecular formula is C35H38N4O5. The third kappa shape index (κ3) is 7.61. The molecule has 1 aliphatic rings. The van der Waals surface area contributed by atoms with E-state index in [2.05, 4.69) is 34.3 Å². The van der Waals surface area contributed by atoms with Gasteiger partial charge in [-0.15, -0.1) is 0 Å². The minimum absolute atomic E-state index is 0.0173. The van der Waals surface area contributed by atoms with Crippen molar-refractivity contribution >= 4 is 17.5 Å². The Kier molecular flexibility index (Phi) is 9.89. The van der Waals surface area contributed by atoms with E-state index < -0.39 is 0 Å². The average Bonchev–Trinajstić information content (AvgIpc) is 3.04. The molecule has 9 nitrogen and oxygen atoms in total. The number of amides is 2. The van der Waals surface area contributed by atoms with Crippen molar-refractivity contribution in [2.24, 2.45) is 5.92 Å². The van der Waals surface area contributed by atoms with E-state index in [4.69, 9.17) is 9.47 Å². The van der Waals surface area contributed by atoms with Crippen LogP contribution in [-0.4, -0.2) is 70.6 Å². The van der Waals surface area contributed by atoms with E-state index >= 15 is 0 Å². The minimum atomic E-state index is -0.388. The first-order valence-corrected chi connectivity index (χ1v) is 14.7. The summed E-state index contributed by atoms with van der Waals surface area (Å²) in [6.45, 7) is 5.44. The lowest BCUT2D eigenvalue weighted by molar-refractivity contribution is 0.0341. The molecule has 3 atom stereocenters. The van der Waals surface area contributed by atoms with Crippen LogP contribution in [0.3, 0.4) is 0 Å². The number of benzene rings is 3. The molecule has 9 heteroatoms. The maximum atomic E-state index is 13.7. The van der Waals surface area contributed by atoms with Crippen LogP contribution in [0.1, 0.15) is 40.1 Å². The number of nitrogens with one attached hydrogen (secondary N) is 1. The van der Waals surface area contributed by atoms with Crippen molar-refractivity contribution in [1.82, 2.24) is 14.8 Å². The van der Waals surface area contributed by atoms with E-state index in [1.807, 2.05) is 56.4 Å². The highest BCUT2D eigenvalue weighted by Gasteiger charge is 2.33. The largest absolute Gasteiger partial charge is 0.488 e. The van der Waals surface area contributed by atoms with E-state index in [0.717, 1.165) is 17.1 Å². The Bertz CT molecular complexity index is 1550. The summed E-state index contributed by atoms with van der Waals surface area (Å²) in [7, 11) is 2.04. The van der Waals surface area contributed by atoms with Gasteiger partial charge in [0.1, 0.15) is 23.4 Å². The fourth-order valence-electron chi connectivity index (χ4n) is 5.20.